The largest absolute Gasteiger partial charge is 0.507 e. The smallest absolute Gasteiger partial charge is 0.301 e. The van der Waals surface area contributed by atoms with E-state index < -0.39 is 17.7 Å². The number of anilines is 1. The Bertz CT molecular complexity index is 1810. The molecule has 0 aliphatic carbocycles. The van der Waals surface area contributed by atoms with Crippen molar-refractivity contribution < 1.29 is 28.9 Å². The van der Waals surface area contributed by atoms with Gasteiger partial charge in [-0.2, -0.15) is 0 Å². The van der Waals surface area contributed by atoms with Crippen molar-refractivity contribution in [2.45, 2.75) is 42.3 Å². The van der Waals surface area contributed by atoms with Gasteiger partial charge in [-0.3, -0.25) is 14.5 Å². The third-order valence-corrected chi connectivity index (χ3v) is 10.1. The summed E-state index contributed by atoms with van der Waals surface area (Å²) in [6.45, 7) is 3.42. The number of carbonyl (C=O) groups excluding carboxylic acids is 2. The Kier molecular flexibility index (Phi) is 10.0. The van der Waals surface area contributed by atoms with E-state index >= 15 is 0 Å². The molecule has 1 N–H and O–H groups in total. The van der Waals surface area contributed by atoms with Crippen LogP contribution < -0.4 is 19.1 Å². The minimum Gasteiger partial charge on any atom is -0.507 e. The zero-order chi connectivity index (χ0) is 32.2. The molecule has 46 heavy (non-hydrogen) atoms. The van der Waals surface area contributed by atoms with Gasteiger partial charge in [0.1, 0.15) is 24.7 Å². The third-order valence-electron chi connectivity index (χ3n) is 7.42. The summed E-state index contributed by atoms with van der Waals surface area (Å²) in [5.41, 5.74) is 1.67. The summed E-state index contributed by atoms with van der Waals surface area (Å²) in [5, 5.41) is 21.5. The molecule has 1 amide bonds. The summed E-state index contributed by atoms with van der Waals surface area (Å²) in [5.74, 6) is 0.0481. The van der Waals surface area contributed by atoms with Gasteiger partial charge in [0, 0.05) is 21.4 Å². The van der Waals surface area contributed by atoms with Gasteiger partial charge in [-0.15, -0.1) is 10.2 Å². The molecule has 1 atom stereocenters. The number of hydrogen-bond acceptors (Lipinski definition) is 10. The van der Waals surface area contributed by atoms with Gasteiger partial charge >= 0.3 is 5.91 Å². The van der Waals surface area contributed by atoms with Gasteiger partial charge in [-0.1, -0.05) is 84.3 Å². The number of nitrogens with zero attached hydrogens (tertiary/aromatic N) is 3. The molecule has 1 saturated heterocycles. The number of ether oxygens (including phenoxy) is 3. The van der Waals surface area contributed by atoms with Gasteiger partial charge in [0.2, 0.25) is 5.13 Å². The fraction of sp³-hybridized carbons (Fsp3) is 0.273. The quantitative estimate of drug-likeness (QED) is 0.0415. The SMILES string of the molecule is CCCCCOc1cccc([C@H]2C(=C(O)c3ccc4c(c3)OCCO4)C(=O)C(=O)N2c2nnc(SCc3ccc(Cl)cc3Cl)s2)c1. The first-order valence-electron chi connectivity index (χ1n) is 14.7. The summed E-state index contributed by atoms with van der Waals surface area (Å²) in [4.78, 5) is 28.7. The number of aliphatic hydroxyl groups excluding tert-OH is 1. The van der Waals surface area contributed by atoms with E-state index in [0.717, 1.165) is 24.8 Å². The van der Waals surface area contributed by atoms with Crippen molar-refractivity contribution in [3.63, 3.8) is 0 Å². The summed E-state index contributed by atoms with van der Waals surface area (Å²) >= 11 is 14.9. The van der Waals surface area contributed by atoms with Gasteiger partial charge in [0.15, 0.2) is 15.8 Å². The van der Waals surface area contributed by atoms with Gasteiger partial charge in [-0.05, 0) is 60.0 Å². The maximum atomic E-state index is 13.7. The lowest BCUT2D eigenvalue weighted by Crippen LogP contribution is -2.29. The topological polar surface area (TPSA) is 111 Å². The van der Waals surface area contributed by atoms with E-state index in [2.05, 4.69) is 17.1 Å². The molecule has 0 bridgehead atoms. The van der Waals surface area contributed by atoms with Crippen molar-refractivity contribution in [1.82, 2.24) is 10.2 Å². The maximum Gasteiger partial charge on any atom is 0.301 e. The minimum atomic E-state index is -0.996. The Balaban J connectivity index is 1.37. The summed E-state index contributed by atoms with van der Waals surface area (Å²) in [6.07, 6.45) is 3.00. The Morgan fingerprint density at radius 2 is 1.87 bits per heavy atom. The molecule has 0 spiro atoms. The van der Waals surface area contributed by atoms with Crippen molar-refractivity contribution in [3.05, 3.63) is 93.0 Å². The van der Waals surface area contributed by atoms with Crippen LogP contribution in [0.2, 0.25) is 10.0 Å². The lowest BCUT2D eigenvalue weighted by Gasteiger charge is -2.23. The van der Waals surface area contributed by atoms with Crippen molar-refractivity contribution in [1.29, 1.82) is 0 Å². The average Bonchev–Trinajstić information content (AvgIpc) is 3.63. The molecule has 6 rings (SSSR count). The van der Waals surface area contributed by atoms with Gasteiger partial charge in [-0.25, -0.2) is 0 Å². The highest BCUT2D eigenvalue weighted by Crippen LogP contribution is 2.45. The first kappa shape index (κ1) is 32.2. The molecule has 1 aromatic heterocycles. The van der Waals surface area contributed by atoms with Crippen molar-refractivity contribution >= 4 is 68.9 Å². The highest BCUT2D eigenvalue weighted by Gasteiger charge is 2.48. The summed E-state index contributed by atoms with van der Waals surface area (Å²) < 4.78 is 17.9. The van der Waals surface area contributed by atoms with Crippen LogP contribution in [0.25, 0.3) is 5.76 Å². The number of aromatic nitrogens is 2. The van der Waals surface area contributed by atoms with Crippen LogP contribution in [0.1, 0.15) is 48.9 Å². The first-order chi connectivity index (χ1) is 22.3. The van der Waals surface area contributed by atoms with Crippen LogP contribution in [0, 0.1) is 0 Å². The number of rotatable bonds is 11. The standard InChI is InChI=1S/C33H29Cl2N3O6S2/c1-2-3-4-12-42-23-7-5-6-19(15-23)28-27(29(39)20-9-11-25-26(16-20)44-14-13-43-25)30(40)31(41)38(28)32-36-37-33(46-32)45-18-21-8-10-22(34)17-24(21)35/h5-11,15-17,28,39H,2-4,12-14,18H2,1H3/t28-/m0/s1. The predicted molar refractivity (Wildman–Crippen MR) is 180 cm³/mol. The Morgan fingerprint density at radius 1 is 1.04 bits per heavy atom. The number of thioether (sulfide) groups is 1. The van der Waals surface area contributed by atoms with E-state index in [1.807, 2.05) is 12.1 Å². The first-order valence-corrected chi connectivity index (χ1v) is 17.2. The summed E-state index contributed by atoms with van der Waals surface area (Å²) in [6, 6.07) is 16.4. The molecule has 0 radical (unpaired) electrons. The van der Waals surface area contributed by atoms with Crippen LogP contribution in [0.5, 0.6) is 17.2 Å². The molecular weight excluding hydrogens is 669 g/mol. The molecule has 238 valence electrons. The number of amides is 1. The number of Topliss-reactive ketones (excluding diaryl/α,β-unsaturated/α-hetero) is 1. The van der Waals surface area contributed by atoms with E-state index in [4.69, 9.17) is 37.4 Å². The van der Waals surface area contributed by atoms with Crippen LogP contribution in [0.15, 0.2) is 70.6 Å². The van der Waals surface area contributed by atoms with Crippen molar-refractivity contribution in [2.24, 2.45) is 0 Å². The third kappa shape index (κ3) is 6.83. The zero-order valence-corrected chi connectivity index (χ0v) is 27.8. The van der Waals surface area contributed by atoms with Gasteiger partial charge < -0.3 is 19.3 Å². The van der Waals surface area contributed by atoms with Crippen molar-refractivity contribution in [2.75, 3.05) is 24.7 Å². The Hall–Kier alpha value is -3.77. The number of carbonyl (C=O) groups is 2. The van der Waals surface area contributed by atoms with E-state index in [1.165, 1.54) is 28.0 Å². The lowest BCUT2D eigenvalue weighted by atomic mass is 9.95. The second-order valence-electron chi connectivity index (χ2n) is 10.5. The van der Waals surface area contributed by atoms with Crippen LogP contribution >= 0.6 is 46.3 Å². The molecule has 3 aromatic carbocycles. The molecule has 9 nitrogen and oxygen atoms in total. The molecule has 4 aromatic rings. The number of benzene rings is 3. The highest BCUT2D eigenvalue weighted by molar-refractivity contribution is 8.00. The average molecular weight is 699 g/mol. The molecule has 0 saturated carbocycles. The normalized spacial score (nSPS) is 17.0. The number of hydrogen-bond donors (Lipinski definition) is 1. The molecule has 13 heteroatoms. The van der Waals surface area contributed by atoms with Crippen LogP contribution in [-0.2, 0) is 15.3 Å². The molecule has 3 heterocycles. The fourth-order valence-corrected chi connectivity index (χ4v) is 7.57. The fourth-order valence-electron chi connectivity index (χ4n) is 5.14. The van der Waals surface area contributed by atoms with E-state index in [0.29, 0.717) is 68.3 Å². The summed E-state index contributed by atoms with van der Waals surface area (Å²) in [7, 11) is 0. The molecule has 1 fully saturated rings. The number of halogens is 2. The number of unbranched alkanes of at least 4 members (excludes halogenated alkanes) is 2. The van der Waals surface area contributed by atoms with Crippen LogP contribution in [-0.4, -0.2) is 46.8 Å². The number of fused-ring (bicyclic) bond motifs is 1. The van der Waals surface area contributed by atoms with Gasteiger partial charge in [0.05, 0.1) is 18.2 Å². The minimum absolute atomic E-state index is 0.0813. The highest BCUT2D eigenvalue weighted by atomic mass is 35.5. The molecular formula is C33H29Cl2N3O6S2. The monoisotopic (exact) mass is 697 g/mol. The van der Waals surface area contributed by atoms with E-state index in [-0.39, 0.29) is 16.5 Å². The lowest BCUT2D eigenvalue weighted by molar-refractivity contribution is -0.132. The molecule has 2 aliphatic heterocycles. The second kappa shape index (κ2) is 14.3. The maximum absolute atomic E-state index is 13.7. The van der Waals surface area contributed by atoms with Crippen LogP contribution in [0.3, 0.4) is 0 Å². The van der Waals surface area contributed by atoms with E-state index in [9.17, 15) is 14.7 Å². The Labute approximate surface area is 284 Å². The Morgan fingerprint density at radius 3 is 2.67 bits per heavy atom. The number of ketones is 1. The molecule has 2 aliphatic rings. The second-order valence-corrected chi connectivity index (χ2v) is 13.6. The van der Waals surface area contributed by atoms with Crippen LogP contribution in [0.4, 0.5) is 5.13 Å². The molecule has 0 unspecified atom stereocenters. The van der Waals surface area contributed by atoms with Crippen molar-refractivity contribution in [3.8, 4) is 17.2 Å². The zero-order valence-electron chi connectivity index (χ0n) is 24.7. The predicted octanol–water partition coefficient (Wildman–Crippen LogP) is 8.10. The number of aliphatic hydroxyl groups is 1. The van der Waals surface area contributed by atoms with E-state index in [1.54, 1.807) is 48.5 Å². The van der Waals surface area contributed by atoms with Gasteiger partial charge in [0.25, 0.3) is 5.78 Å².